The maximum atomic E-state index is 13.7. The molecule has 2 heterocycles. The van der Waals surface area contributed by atoms with Crippen molar-refractivity contribution in [2.45, 2.75) is 76.7 Å². The Morgan fingerprint density at radius 3 is 2.44 bits per heavy atom. The molecule has 1 N–H and O–H groups in total. The number of benzene rings is 2. The molecule has 0 bridgehead atoms. The van der Waals surface area contributed by atoms with Crippen LogP contribution in [0.25, 0.3) is 0 Å². The normalized spacial score (nSPS) is 20.1. The van der Waals surface area contributed by atoms with Gasteiger partial charge in [0.2, 0.25) is 0 Å². The van der Waals surface area contributed by atoms with Gasteiger partial charge in [-0.15, -0.1) is 0 Å². The highest BCUT2D eigenvalue weighted by Gasteiger charge is 2.37. The summed E-state index contributed by atoms with van der Waals surface area (Å²) >= 11 is 0. The predicted molar refractivity (Wildman–Crippen MR) is 132 cm³/mol. The maximum Gasteiger partial charge on any atom is 0.419 e. The van der Waals surface area contributed by atoms with Gasteiger partial charge in [-0.25, -0.2) is 8.42 Å². The topological polar surface area (TPSA) is 67.9 Å². The van der Waals surface area contributed by atoms with E-state index in [9.17, 15) is 21.6 Å². The van der Waals surface area contributed by atoms with E-state index in [4.69, 9.17) is 9.47 Å². The van der Waals surface area contributed by atoms with Crippen LogP contribution in [0.15, 0.2) is 23.1 Å². The van der Waals surface area contributed by atoms with Gasteiger partial charge in [0.05, 0.1) is 16.1 Å². The van der Waals surface area contributed by atoms with Crippen LogP contribution in [0.3, 0.4) is 0 Å². The summed E-state index contributed by atoms with van der Waals surface area (Å²) in [5, 5.41) is 0. The van der Waals surface area contributed by atoms with Crippen molar-refractivity contribution in [3.05, 3.63) is 46.0 Å². The second kappa shape index (κ2) is 9.13. The summed E-state index contributed by atoms with van der Waals surface area (Å²) in [6.07, 6.45) is -3.03. The van der Waals surface area contributed by atoms with Crippen molar-refractivity contribution in [2.24, 2.45) is 0 Å². The Morgan fingerprint density at radius 1 is 1.14 bits per heavy atom. The van der Waals surface area contributed by atoms with Crippen molar-refractivity contribution in [2.75, 3.05) is 24.9 Å². The number of rotatable bonds is 5. The first-order valence-electron chi connectivity index (χ1n) is 12.0. The molecule has 1 fully saturated rings. The fourth-order valence-corrected chi connectivity index (χ4v) is 6.67. The number of fused-ring (bicyclic) bond motifs is 1. The summed E-state index contributed by atoms with van der Waals surface area (Å²) < 4.78 is 82.5. The summed E-state index contributed by atoms with van der Waals surface area (Å²) in [5.74, 6) is 0.334. The SMILES string of the molecule is Cc1c(C)c(S(=O)(=O)Nc2ccc(C(F)(F)F)c(O[C@H]3CCN(C)C3)c2)c(C)c2c1OC(C)(C)CC2. The van der Waals surface area contributed by atoms with Gasteiger partial charge in [0.1, 0.15) is 23.2 Å². The van der Waals surface area contributed by atoms with Gasteiger partial charge in [-0.2, -0.15) is 13.2 Å². The van der Waals surface area contributed by atoms with Crippen LogP contribution in [-0.2, 0) is 22.6 Å². The number of halogens is 3. The van der Waals surface area contributed by atoms with Crippen molar-refractivity contribution < 1.29 is 31.1 Å². The zero-order chi connectivity index (χ0) is 26.6. The van der Waals surface area contributed by atoms with Gasteiger partial charge in [0.25, 0.3) is 10.0 Å². The lowest BCUT2D eigenvalue weighted by Crippen LogP contribution is -2.34. The molecule has 0 radical (unpaired) electrons. The highest BCUT2D eigenvalue weighted by molar-refractivity contribution is 7.92. The molecule has 36 heavy (non-hydrogen) atoms. The van der Waals surface area contributed by atoms with E-state index in [0.717, 1.165) is 42.3 Å². The summed E-state index contributed by atoms with van der Waals surface area (Å²) in [4.78, 5) is 2.10. The van der Waals surface area contributed by atoms with E-state index in [1.165, 1.54) is 0 Å². The van der Waals surface area contributed by atoms with Crippen molar-refractivity contribution in [1.82, 2.24) is 4.90 Å². The molecule has 0 unspecified atom stereocenters. The van der Waals surface area contributed by atoms with Crippen LogP contribution < -0.4 is 14.2 Å². The van der Waals surface area contributed by atoms with Crippen LogP contribution in [-0.4, -0.2) is 45.2 Å². The number of alkyl halides is 3. The zero-order valence-corrected chi connectivity index (χ0v) is 22.3. The third kappa shape index (κ3) is 5.16. The van der Waals surface area contributed by atoms with Gasteiger partial charge in [0.15, 0.2) is 0 Å². The number of nitrogens with one attached hydrogen (secondary N) is 1. The van der Waals surface area contributed by atoms with E-state index < -0.39 is 27.9 Å². The Bertz CT molecular complexity index is 1290. The van der Waals surface area contributed by atoms with Crippen LogP contribution >= 0.6 is 0 Å². The van der Waals surface area contributed by atoms with E-state index in [-0.39, 0.29) is 21.9 Å². The average molecular weight is 527 g/mol. The van der Waals surface area contributed by atoms with E-state index in [2.05, 4.69) is 4.72 Å². The monoisotopic (exact) mass is 526 g/mol. The van der Waals surface area contributed by atoms with E-state index in [0.29, 0.717) is 36.3 Å². The average Bonchev–Trinajstić information content (AvgIpc) is 3.14. The molecular formula is C26H33F3N2O4S. The Morgan fingerprint density at radius 2 is 1.83 bits per heavy atom. The van der Waals surface area contributed by atoms with Gasteiger partial charge in [-0.3, -0.25) is 4.72 Å². The van der Waals surface area contributed by atoms with Gasteiger partial charge < -0.3 is 14.4 Å². The summed E-state index contributed by atoms with van der Waals surface area (Å²) in [6.45, 7) is 10.5. The molecule has 1 atom stereocenters. The molecule has 0 saturated carbocycles. The first-order chi connectivity index (χ1) is 16.6. The van der Waals surface area contributed by atoms with Crippen LogP contribution in [0.4, 0.5) is 18.9 Å². The second-order valence-electron chi connectivity index (χ2n) is 10.5. The van der Waals surface area contributed by atoms with Crippen LogP contribution in [0.5, 0.6) is 11.5 Å². The summed E-state index contributed by atoms with van der Waals surface area (Å²) in [6, 6.07) is 3.11. The lowest BCUT2D eigenvalue weighted by atomic mass is 9.88. The number of ether oxygens (including phenoxy) is 2. The molecule has 0 amide bonds. The Balaban J connectivity index is 1.71. The van der Waals surface area contributed by atoms with Crippen molar-refractivity contribution in [3.63, 3.8) is 0 Å². The predicted octanol–water partition coefficient (Wildman–Crippen LogP) is 5.62. The minimum Gasteiger partial charge on any atom is -0.488 e. The number of anilines is 1. The molecule has 1 saturated heterocycles. The van der Waals surface area contributed by atoms with Crippen molar-refractivity contribution in [3.8, 4) is 11.5 Å². The fraction of sp³-hybridized carbons (Fsp3) is 0.538. The molecule has 10 heteroatoms. The highest BCUT2D eigenvalue weighted by atomic mass is 32.2. The lowest BCUT2D eigenvalue weighted by molar-refractivity contribution is -0.139. The molecule has 198 valence electrons. The third-order valence-electron chi connectivity index (χ3n) is 7.12. The molecular weight excluding hydrogens is 493 g/mol. The molecule has 2 aromatic rings. The molecule has 2 aromatic carbocycles. The zero-order valence-electron chi connectivity index (χ0n) is 21.5. The first-order valence-corrected chi connectivity index (χ1v) is 13.5. The van der Waals surface area contributed by atoms with E-state index in [1.54, 1.807) is 13.8 Å². The summed E-state index contributed by atoms with van der Waals surface area (Å²) in [5.41, 5.74) is 1.46. The second-order valence-corrected chi connectivity index (χ2v) is 12.1. The molecule has 0 aliphatic carbocycles. The Hall–Kier alpha value is -2.46. The van der Waals surface area contributed by atoms with E-state index in [1.807, 2.05) is 32.7 Å². The van der Waals surface area contributed by atoms with Crippen molar-refractivity contribution in [1.29, 1.82) is 0 Å². The Labute approximate surface area is 210 Å². The number of likely N-dealkylation sites (N-methyl/N-ethyl adjacent to an activating group) is 1. The van der Waals surface area contributed by atoms with Gasteiger partial charge in [0, 0.05) is 19.2 Å². The minimum atomic E-state index is -4.63. The number of nitrogens with zero attached hydrogens (tertiary/aromatic N) is 1. The number of hydrogen-bond donors (Lipinski definition) is 1. The molecule has 0 aromatic heterocycles. The fourth-order valence-electron chi connectivity index (χ4n) is 5.05. The molecule has 2 aliphatic heterocycles. The van der Waals surface area contributed by atoms with Crippen LogP contribution in [0.2, 0.25) is 0 Å². The highest BCUT2D eigenvalue weighted by Crippen LogP contribution is 2.43. The quantitative estimate of drug-likeness (QED) is 0.548. The number of sulfonamides is 1. The lowest BCUT2D eigenvalue weighted by Gasteiger charge is -2.35. The largest absolute Gasteiger partial charge is 0.488 e. The number of hydrogen-bond acceptors (Lipinski definition) is 5. The minimum absolute atomic E-state index is 0.0101. The molecule has 2 aliphatic rings. The van der Waals surface area contributed by atoms with Crippen LogP contribution in [0.1, 0.15) is 54.5 Å². The van der Waals surface area contributed by atoms with Crippen LogP contribution in [0, 0.1) is 20.8 Å². The number of likely N-dealkylation sites (tertiary alicyclic amines) is 1. The molecule has 4 rings (SSSR count). The molecule has 6 nitrogen and oxygen atoms in total. The molecule has 0 spiro atoms. The summed E-state index contributed by atoms with van der Waals surface area (Å²) in [7, 11) is -2.24. The Kier molecular flexibility index (Phi) is 6.75. The van der Waals surface area contributed by atoms with Gasteiger partial charge in [-0.1, -0.05) is 0 Å². The van der Waals surface area contributed by atoms with Gasteiger partial charge in [-0.05, 0) is 95.3 Å². The maximum absolute atomic E-state index is 13.7. The standard InChI is InChI=1S/C26H33F3N2O4S/c1-15-16(2)24(17(3)20-9-11-25(4,5)35-23(15)20)36(32,33)30-18-7-8-21(26(27,28)29)22(13-18)34-19-10-12-31(6)14-19/h7-8,13,19,30H,9-12,14H2,1-6H3/t19-/m0/s1. The van der Waals surface area contributed by atoms with Gasteiger partial charge >= 0.3 is 6.18 Å². The smallest absolute Gasteiger partial charge is 0.419 e. The third-order valence-corrected chi connectivity index (χ3v) is 8.77. The van der Waals surface area contributed by atoms with Crippen molar-refractivity contribution >= 4 is 15.7 Å². The first kappa shape index (κ1) is 26.6. The van der Waals surface area contributed by atoms with E-state index >= 15 is 0 Å².